The first-order valence-electron chi connectivity index (χ1n) is 5.48. The molecule has 17 heavy (non-hydrogen) atoms. The maximum Gasteiger partial charge on any atom is 0.0897 e. The van der Waals surface area contributed by atoms with Crippen molar-refractivity contribution in [3.63, 3.8) is 0 Å². The number of hydrazine groups is 1. The lowest BCUT2D eigenvalue weighted by Gasteiger charge is -2.17. The molecule has 5 heteroatoms. The summed E-state index contributed by atoms with van der Waals surface area (Å²) in [6.45, 7) is 4.05. The van der Waals surface area contributed by atoms with Gasteiger partial charge in [-0.2, -0.15) is 0 Å². The van der Waals surface area contributed by atoms with Crippen LogP contribution in [0.1, 0.15) is 27.9 Å². The SMILES string of the molecule is Cc1nc(CC(NN)c2ccncc2C)cs1. The normalized spacial score (nSPS) is 12.6. The van der Waals surface area contributed by atoms with Crippen LogP contribution >= 0.6 is 11.3 Å². The second-order valence-electron chi connectivity index (χ2n) is 4.01. The number of thiazole rings is 1. The summed E-state index contributed by atoms with van der Waals surface area (Å²) in [6, 6.07) is 2.08. The molecule has 0 aliphatic heterocycles. The molecular weight excluding hydrogens is 232 g/mol. The summed E-state index contributed by atoms with van der Waals surface area (Å²) < 4.78 is 0. The third-order valence-electron chi connectivity index (χ3n) is 2.72. The monoisotopic (exact) mass is 248 g/mol. The molecule has 2 heterocycles. The molecule has 2 aromatic heterocycles. The van der Waals surface area contributed by atoms with Crippen molar-refractivity contribution in [1.82, 2.24) is 15.4 Å². The zero-order valence-electron chi connectivity index (χ0n) is 9.97. The van der Waals surface area contributed by atoms with Gasteiger partial charge in [-0.1, -0.05) is 0 Å². The molecule has 2 aromatic rings. The Balaban J connectivity index is 2.20. The minimum absolute atomic E-state index is 0.0829. The van der Waals surface area contributed by atoms with Gasteiger partial charge in [0.1, 0.15) is 0 Å². The fourth-order valence-electron chi connectivity index (χ4n) is 1.84. The van der Waals surface area contributed by atoms with Crippen LogP contribution in [-0.2, 0) is 6.42 Å². The van der Waals surface area contributed by atoms with Gasteiger partial charge in [0, 0.05) is 24.2 Å². The quantitative estimate of drug-likeness (QED) is 0.641. The Hall–Kier alpha value is -1.30. The van der Waals surface area contributed by atoms with Crippen molar-refractivity contribution in [3.8, 4) is 0 Å². The number of nitrogens with one attached hydrogen (secondary N) is 1. The highest BCUT2D eigenvalue weighted by Crippen LogP contribution is 2.21. The first kappa shape index (κ1) is 12.2. The highest BCUT2D eigenvalue weighted by Gasteiger charge is 2.14. The topological polar surface area (TPSA) is 63.8 Å². The van der Waals surface area contributed by atoms with Crippen molar-refractivity contribution in [3.05, 3.63) is 45.7 Å². The van der Waals surface area contributed by atoms with Crippen LogP contribution in [0.2, 0.25) is 0 Å². The molecule has 0 aliphatic rings. The maximum atomic E-state index is 5.63. The predicted octanol–water partition coefficient (Wildman–Crippen LogP) is 1.90. The maximum absolute atomic E-state index is 5.63. The van der Waals surface area contributed by atoms with E-state index in [1.165, 1.54) is 5.56 Å². The zero-order chi connectivity index (χ0) is 12.3. The predicted molar refractivity (Wildman–Crippen MR) is 69.6 cm³/mol. The smallest absolute Gasteiger partial charge is 0.0897 e. The zero-order valence-corrected chi connectivity index (χ0v) is 10.8. The molecule has 0 saturated heterocycles. The van der Waals surface area contributed by atoms with Gasteiger partial charge in [-0.05, 0) is 31.0 Å². The molecule has 0 fully saturated rings. The summed E-state index contributed by atoms with van der Waals surface area (Å²) in [5.74, 6) is 5.63. The van der Waals surface area contributed by atoms with E-state index < -0.39 is 0 Å². The minimum atomic E-state index is 0.0829. The van der Waals surface area contributed by atoms with Gasteiger partial charge >= 0.3 is 0 Å². The Morgan fingerprint density at radius 2 is 2.29 bits per heavy atom. The lowest BCUT2D eigenvalue weighted by Crippen LogP contribution is -2.30. The molecule has 0 amide bonds. The van der Waals surface area contributed by atoms with E-state index in [0.717, 1.165) is 22.7 Å². The van der Waals surface area contributed by atoms with Gasteiger partial charge in [0.2, 0.25) is 0 Å². The fourth-order valence-corrected chi connectivity index (χ4v) is 2.47. The second kappa shape index (κ2) is 5.35. The van der Waals surface area contributed by atoms with Crippen molar-refractivity contribution >= 4 is 11.3 Å². The van der Waals surface area contributed by atoms with Gasteiger partial charge in [-0.15, -0.1) is 11.3 Å². The molecule has 0 aromatic carbocycles. The Bertz CT molecular complexity index is 495. The molecule has 0 bridgehead atoms. The van der Waals surface area contributed by atoms with Gasteiger partial charge in [0.05, 0.1) is 16.7 Å². The van der Waals surface area contributed by atoms with Crippen LogP contribution in [0.25, 0.3) is 0 Å². The average Bonchev–Trinajstić information content (AvgIpc) is 2.73. The summed E-state index contributed by atoms with van der Waals surface area (Å²) >= 11 is 1.66. The number of aryl methyl sites for hydroxylation is 2. The summed E-state index contributed by atoms with van der Waals surface area (Å²) in [4.78, 5) is 8.55. The summed E-state index contributed by atoms with van der Waals surface area (Å²) in [7, 11) is 0. The van der Waals surface area contributed by atoms with Gasteiger partial charge in [-0.3, -0.25) is 16.3 Å². The van der Waals surface area contributed by atoms with Crippen LogP contribution in [0, 0.1) is 13.8 Å². The van der Waals surface area contributed by atoms with E-state index in [4.69, 9.17) is 5.84 Å². The first-order chi connectivity index (χ1) is 8.20. The molecule has 0 spiro atoms. The standard InChI is InChI=1S/C12H16N4S/c1-8-6-14-4-3-11(8)12(16-13)5-10-7-17-9(2)15-10/h3-4,6-7,12,16H,5,13H2,1-2H3. The van der Waals surface area contributed by atoms with Crippen LogP contribution in [0.5, 0.6) is 0 Å². The van der Waals surface area contributed by atoms with Crippen molar-refractivity contribution < 1.29 is 0 Å². The number of rotatable bonds is 4. The van der Waals surface area contributed by atoms with Crippen molar-refractivity contribution in [1.29, 1.82) is 0 Å². The number of hydrogen-bond donors (Lipinski definition) is 2. The minimum Gasteiger partial charge on any atom is -0.271 e. The number of aromatic nitrogens is 2. The highest BCUT2D eigenvalue weighted by atomic mass is 32.1. The third-order valence-corrected chi connectivity index (χ3v) is 3.54. The summed E-state index contributed by atoms with van der Waals surface area (Å²) in [6.07, 6.45) is 4.44. The summed E-state index contributed by atoms with van der Waals surface area (Å²) in [5.41, 5.74) is 6.24. The van der Waals surface area contributed by atoms with Crippen LogP contribution in [0.3, 0.4) is 0 Å². The molecule has 90 valence electrons. The van der Waals surface area contributed by atoms with Crippen LogP contribution < -0.4 is 11.3 Å². The highest BCUT2D eigenvalue weighted by molar-refractivity contribution is 7.09. The van der Waals surface area contributed by atoms with Gasteiger partial charge < -0.3 is 0 Å². The molecular formula is C12H16N4S. The Labute approximate surface area is 105 Å². The molecule has 0 saturated carbocycles. The van der Waals surface area contributed by atoms with Crippen LogP contribution in [0.4, 0.5) is 0 Å². The van der Waals surface area contributed by atoms with Gasteiger partial charge in [0.15, 0.2) is 0 Å². The van der Waals surface area contributed by atoms with E-state index in [1.54, 1.807) is 17.5 Å². The molecule has 0 radical (unpaired) electrons. The van der Waals surface area contributed by atoms with E-state index in [1.807, 2.05) is 26.1 Å². The Kier molecular flexibility index (Phi) is 3.83. The van der Waals surface area contributed by atoms with Crippen LogP contribution in [0.15, 0.2) is 23.8 Å². The van der Waals surface area contributed by atoms with Gasteiger partial charge in [0.25, 0.3) is 0 Å². The number of nitrogens with zero attached hydrogens (tertiary/aromatic N) is 2. The summed E-state index contributed by atoms with van der Waals surface area (Å²) in [5, 5.41) is 3.16. The fraction of sp³-hybridized carbons (Fsp3) is 0.333. The number of hydrogen-bond acceptors (Lipinski definition) is 5. The number of nitrogens with two attached hydrogens (primary N) is 1. The van der Waals surface area contributed by atoms with Crippen molar-refractivity contribution in [2.45, 2.75) is 26.3 Å². The third kappa shape index (κ3) is 2.88. The van der Waals surface area contributed by atoms with E-state index in [2.05, 4.69) is 20.8 Å². The molecule has 1 atom stereocenters. The average molecular weight is 248 g/mol. The molecule has 1 unspecified atom stereocenters. The van der Waals surface area contributed by atoms with E-state index in [-0.39, 0.29) is 6.04 Å². The molecule has 0 aliphatic carbocycles. The van der Waals surface area contributed by atoms with Crippen LogP contribution in [-0.4, -0.2) is 9.97 Å². The second-order valence-corrected chi connectivity index (χ2v) is 5.08. The molecule has 3 N–H and O–H groups in total. The molecule has 4 nitrogen and oxygen atoms in total. The Morgan fingerprint density at radius 1 is 1.47 bits per heavy atom. The van der Waals surface area contributed by atoms with Crippen molar-refractivity contribution in [2.75, 3.05) is 0 Å². The first-order valence-corrected chi connectivity index (χ1v) is 6.36. The lowest BCUT2D eigenvalue weighted by atomic mass is 10.0. The van der Waals surface area contributed by atoms with E-state index >= 15 is 0 Å². The molecule has 2 rings (SSSR count). The van der Waals surface area contributed by atoms with Gasteiger partial charge in [-0.25, -0.2) is 4.98 Å². The van der Waals surface area contributed by atoms with E-state index in [0.29, 0.717) is 0 Å². The lowest BCUT2D eigenvalue weighted by molar-refractivity contribution is 0.543. The Morgan fingerprint density at radius 3 is 2.88 bits per heavy atom. The van der Waals surface area contributed by atoms with Crippen molar-refractivity contribution in [2.24, 2.45) is 5.84 Å². The largest absolute Gasteiger partial charge is 0.271 e. The van der Waals surface area contributed by atoms with E-state index in [9.17, 15) is 0 Å². The number of pyridine rings is 1.